The van der Waals surface area contributed by atoms with Gasteiger partial charge in [-0.1, -0.05) is 113 Å². The Morgan fingerprint density at radius 3 is 1.88 bits per heavy atom. The van der Waals surface area contributed by atoms with Crippen molar-refractivity contribution in [2.45, 2.75) is 111 Å². The van der Waals surface area contributed by atoms with Gasteiger partial charge in [-0.2, -0.15) is 0 Å². The maximum Gasteiger partial charge on any atom is 0.311 e. The smallest absolute Gasteiger partial charge is 0.311 e. The van der Waals surface area contributed by atoms with Crippen molar-refractivity contribution in [3.05, 3.63) is 109 Å². The van der Waals surface area contributed by atoms with Crippen molar-refractivity contribution >= 4 is 24.7 Å². The third-order valence-electron chi connectivity index (χ3n) is 11.3. The minimum atomic E-state index is -2.83. The van der Waals surface area contributed by atoms with Gasteiger partial charge < -0.3 is 18.6 Å². The molecule has 2 aliphatic carbocycles. The Kier molecular flexibility index (Phi) is 12.6. The molecule has 280 valence electrons. The Labute approximate surface area is 314 Å². The SMILES string of the molecule is COc1ccc(O[C@@H]2/C=C\CC(O[Si](c3ccccc3)(c3ccccc3)C(C)(C)C)C[C@@H]3[C@@H](C(C)C)CC=C(C)[C@@H]3CC2OC(=O)C(C)(C)C)cc1. The minimum absolute atomic E-state index is 0.0301. The van der Waals surface area contributed by atoms with E-state index in [1.165, 1.54) is 15.9 Å². The zero-order chi connectivity index (χ0) is 37.7. The molecule has 0 spiro atoms. The summed E-state index contributed by atoms with van der Waals surface area (Å²) in [5.74, 6) is 2.77. The van der Waals surface area contributed by atoms with E-state index >= 15 is 0 Å². The lowest BCUT2D eigenvalue weighted by Crippen LogP contribution is -2.67. The van der Waals surface area contributed by atoms with Gasteiger partial charge in [-0.3, -0.25) is 4.79 Å². The van der Waals surface area contributed by atoms with Crippen LogP contribution in [0.25, 0.3) is 0 Å². The van der Waals surface area contributed by atoms with E-state index in [0.717, 1.165) is 25.0 Å². The second-order valence-corrected chi connectivity index (χ2v) is 21.6. The monoisotopic (exact) mass is 722 g/mol. The van der Waals surface area contributed by atoms with Gasteiger partial charge in [-0.25, -0.2) is 0 Å². The first-order valence-corrected chi connectivity index (χ1v) is 21.2. The van der Waals surface area contributed by atoms with Crippen molar-refractivity contribution in [1.29, 1.82) is 0 Å². The lowest BCUT2D eigenvalue weighted by atomic mass is 9.64. The highest BCUT2D eigenvalue weighted by atomic mass is 28.4. The summed E-state index contributed by atoms with van der Waals surface area (Å²) in [5.41, 5.74) is 0.728. The zero-order valence-electron chi connectivity index (χ0n) is 33.2. The molecule has 52 heavy (non-hydrogen) atoms. The predicted octanol–water partition coefficient (Wildman–Crippen LogP) is 9.94. The molecule has 0 aliphatic heterocycles. The molecular weight excluding hydrogens is 661 g/mol. The second-order valence-electron chi connectivity index (χ2n) is 17.4. The molecule has 3 aromatic rings. The number of fused-ring (bicyclic) bond motifs is 1. The summed E-state index contributed by atoms with van der Waals surface area (Å²) in [6, 6.07) is 29.6. The minimum Gasteiger partial charge on any atom is -0.497 e. The van der Waals surface area contributed by atoms with E-state index in [2.05, 4.69) is 120 Å². The Balaban J connectivity index is 1.64. The van der Waals surface area contributed by atoms with Crippen LogP contribution in [-0.2, 0) is 14.0 Å². The van der Waals surface area contributed by atoms with E-state index in [4.69, 9.17) is 18.6 Å². The Morgan fingerprint density at radius 1 is 0.788 bits per heavy atom. The quantitative estimate of drug-likeness (QED) is 0.125. The first kappa shape index (κ1) is 39.6. The number of methoxy groups -OCH3 is 1. The number of ether oxygens (including phenoxy) is 3. The summed E-state index contributed by atoms with van der Waals surface area (Å²) < 4.78 is 26.6. The predicted molar refractivity (Wildman–Crippen MR) is 216 cm³/mol. The van der Waals surface area contributed by atoms with Crippen LogP contribution < -0.4 is 19.8 Å². The van der Waals surface area contributed by atoms with Crippen LogP contribution in [0, 0.1) is 29.1 Å². The van der Waals surface area contributed by atoms with E-state index in [-0.39, 0.29) is 23.0 Å². The molecule has 0 radical (unpaired) electrons. The first-order chi connectivity index (χ1) is 24.6. The van der Waals surface area contributed by atoms with E-state index in [1.807, 2.05) is 45.0 Å². The molecule has 5 rings (SSSR count). The van der Waals surface area contributed by atoms with E-state index in [1.54, 1.807) is 7.11 Å². The normalized spacial score (nSPS) is 25.0. The number of hydrogen-bond donors (Lipinski definition) is 0. The number of carbonyl (C=O) groups excluding carboxylic acids is 1. The summed E-state index contributed by atoms with van der Waals surface area (Å²) in [4.78, 5) is 13.6. The summed E-state index contributed by atoms with van der Waals surface area (Å²) in [6.07, 6.45) is 9.17. The van der Waals surface area contributed by atoms with Gasteiger partial charge >= 0.3 is 5.97 Å². The van der Waals surface area contributed by atoms with Gasteiger partial charge in [0.15, 0.2) is 6.10 Å². The first-order valence-electron chi connectivity index (χ1n) is 19.3. The molecule has 0 amide bonds. The van der Waals surface area contributed by atoms with Gasteiger partial charge in [0.05, 0.1) is 12.5 Å². The van der Waals surface area contributed by atoms with Crippen LogP contribution in [0.4, 0.5) is 0 Å². The molecule has 3 aromatic carbocycles. The molecular formula is C46H62O5Si. The third-order valence-corrected chi connectivity index (χ3v) is 16.4. The van der Waals surface area contributed by atoms with Crippen LogP contribution in [0.1, 0.15) is 88.0 Å². The standard InChI is InChI=1S/C46H62O5Si/c1-32(2)39-29-24-33(3)40-31-43(50-44(47)45(4,5)6)42(49-35-27-25-34(48-10)26-28-35)23-17-18-36(30-41(39)40)51-52(46(7,8)9,37-19-13-11-14-20-37)38-21-15-12-16-22-38/h11-17,19-28,32,36,39-43H,18,29-31H2,1-10H3/b23-17-/t36?,39-,40+,41-,42-,43?/m1/s1. The van der Waals surface area contributed by atoms with Gasteiger partial charge in [-0.05, 0) is 123 Å². The van der Waals surface area contributed by atoms with Crippen LogP contribution in [0.5, 0.6) is 11.5 Å². The lowest BCUT2D eigenvalue weighted by molar-refractivity contribution is -0.163. The Morgan fingerprint density at radius 2 is 1.37 bits per heavy atom. The highest BCUT2D eigenvalue weighted by Crippen LogP contribution is 2.47. The summed E-state index contributed by atoms with van der Waals surface area (Å²) in [7, 11) is -1.17. The maximum absolute atomic E-state index is 13.6. The lowest BCUT2D eigenvalue weighted by Gasteiger charge is -2.48. The van der Waals surface area contributed by atoms with Gasteiger partial charge in [0.25, 0.3) is 8.32 Å². The maximum atomic E-state index is 13.6. The Bertz CT molecular complexity index is 1610. The van der Waals surface area contributed by atoms with Crippen molar-refractivity contribution in [3.8, 4) is 11.5 Å². The molecule has 0 bridgehead atoms. The number of rotatable bonds is 9. The summed E-state index contributed by atoms with van der Waals surface area (Å²) >= 11 is 0. The van der Waals surface area contributed by atoms with Gasteiger partial charge in [0.2, 0.25) is 0 Å². The van der Waals surface area contributed by atoms with Crippen molar-refractivity contribution in [2.24, 2.45) is 29.1 Å². The molecule has 6 heteroatoms. The molecule has 0 saturated heterocycles. The molecule has 5 nitrogen and oxygen atoms in total. The van der Waals surface area contributed by atoms with E-state index < -0.39 is 25.9 Å². The van der Waals surface area contributed by atoms with E-state index in [9.17, 15) is 4.79 Å². The molecule has 6 atom stereocenters. The number of allylic oxidation sites excluding steroid dienone is 2. The topological polar surface area (TPSA) is 54.0 Å². The number of carbonyl (C=O) groups is 1. The zero-order valence-corrected chi connectivity index (χ0v) is 34.2. The summed E-state index contributed by atoms with van der Waals surface area (Å²) in [5, 5.41) is 2.45. The number of esters is 1. The highest BCUT2D eigenvalue weighted by Gasteiger charge is 2.52. The van der Waals surface area contributed by atoms with Gasteiger partial charge in [0.1, 0.15) is 17.6 Å². The van der Waals surface area contributed by atoms with Crippen LogP contribution in [0.15, 0.2) is 109 Å². The van der Waals surface area contributed by atoms with Gasteiger partial charge in [0, 0.05) is 6.10 Å². The fourth-order valence-electron chi connectivity index (χ4n) is 8.42. The van der Waals surface area contributed by atoms with Crippen molar-refractivity contribution < 1.29 is 23.4 Å². The molecule has 2 aliphatic rings. The van der Waals surface area contributed by atoms with E-state index in [0.29, 0.717) is 29.9 Å². The Hall–Kier alpha value is -3.61. The average Bonchev–Trinajstić information content (AvgIpc) is 3.10. The van der Waals surface area contributed by atoms with Gasteiger partial charge in [-0.15, -0.1) is 0 Å². The fourth-order valence-corrected chi connectivity index (χ4v) is 13.1. The average molecular weight is 723 g/mol. The van der Waals surface area contributed by atoms with Crippen LogP contribution in [0.3, 0.4) is 0 Å². The van der Waals surface area contributed by atoms with Crippen molar-refractivity contribution in [3.63, 3.8) is 0 Å². The summed E-state index contributed by atoms with van der Waals surface area (Å²) in [6.45, 7) is 19.8. The molecule has 0 heterocycles. The molecule has 0 saturated carbocycles. The highest BCUT2D eigenvalue weighted by molar-refractivity contribution is 6.99. The van der Waals surface area contributed by atoms with Crippen molar-refractivity contribution in [2.75, 3.05) is 7.11 Å². The molecule has 0 aromatic heterocycles. The van der Waals surface area contributed by atoms with Crippen LogP contribution in [-0.4, -0.2) is 39.7 Å². The largest absolute Gasteiger partial charge is 0.497 e. The molecule has 2 unspecified atom stereocenters. The second kappa shape index (κ2) is 16.6. The molecule has 0 N–H and O–H groups in total. The number of benzene rings is 3. The number of hydrogen-bond acceptors (Lipinski definition) is 5. The van der Waals surface area contributed by atoms with Crippen molar-refractivity contribution in [1.82, 2.24) is 0 Å². The fraction of sp³-hybridized carbons (Fsp3) is 0.500. The van der Waals surface area contributed by atoms with Crippen LogP contribution >= 0.6 is 0 Å². The molecule has 0 fully saturated rings. The van der Waals surface area contributed by atoms with Crippen LogP contribution in [0.2, 0.25) is 5.04 Å². The third kappa shape index (κ3) is 8.94.